The molecule has 0 spiro atoms. The molecule has 3 rings (SSSR count). The summed E-state index contributed by atoms with van der Waals surface area (Å²) in [7, 11) is 2.96. The normalized spacial score (nSPS) is 13.2. The quantitative estimate of drug-likeness (QED) is 0.692. The molecule has 8 heteroatoms. The average Bonchev–Trinajstić information content (AvgIpc) is 3.30. The van der Waals surface area contributed by atoms with Crippen molar-refractivity contribution in [1.82, 2.24) is 9.80 Å². The number of aryl methyl sites for hydroxylation is 1. The fourth-order valence-corrected chi connectivity index (χ4v) is 4.17. The van der Waals surface area contributed by atoms with Crippen LogP contribution in [0.3, 0.4) is 0 Å². The average molecular weight is 404 g/mol. The molecule has 0 atom stereocenters. The van der Waals surface area contributed by atoms with Crippen molar-refractivity contribution in [3.63, 3.8) is 0 Å². The summed E-state index contributed by atoms with van der Waals surface area (Å²) in [5, 5.41) is 2.05. The number of furan rings is 1. The summed E-state index contributed by atoms with van der Waals surface area (Å²) < 4.78 is 10.2. The monoisotopic (exact) mass is 404 g/mol. The first-order valence-corrected chi connectivity index (χ1v) is 10.0. The van der Waals surface area contributed by atoms with Crippen LogP contribution in [-0.4, -0.2) is 48.3 Å². The molecule has 1 aliphatic heterocycles. The van der Waals surface area contributed by atoms with Gasteiger partial charge in [0.1, 0.15) is 17.1 Å². The van der Waals surface area contributed by atoms with E-state index in [1.807, 2.05) is 4.90 Å². The molecule has 0 unspecified atom stereocenters. The number of rotatable bonds is 6. The molecule has 0 bridgehead atoms. The third kappa shape index (κ3) is 4.44. The Bertz CT molecular complexity index is 885. The minimum Gasteiger partial charge on any atom is -0.465 e. The molecule has 0 aliphatic carbocycles. The molecule has 1 aliphatic rings. The zero-order valence-corrected chi connectivity index (χ0v) is 17.1. The Morgan fingerprint density at radius 2 is 2.11 bits per heavy atom. The largest absolute Gasteiger partial charge is 0.465 e. The van der Waals surface area contributed by atoms with E-state index in [9.17, 15) is 14.4 Å². The topological polar surface area (TPSA) is 80.1 Å². The van der Waals surface area contributed by atoms with Gasteiger partial charge in [-0.3, -0.25) is 9.59 Å². The van der Waals surface area contributed by atoms with Gasteiger partial charge in [0.05, 0.1) is 13.7 Å². The fraction of sp³-hybridized carbons (Fsp3) is 0.450. The van der Waals surface area contributed by atoms with E-state index in [1.165, 1.54) is 22.5 Å². The summed E-state index contributed by atoms with van der Waals surface area (Å²) >= 11 is 1.73. The zero-order chi connectivity index (χ0) is 20.3. The van der Waals surface area contributed by atoms with Crippen molar-refractivity contribution in [1.29, 1.82) is 0 Å². The lowest BCUT2D eigenvalue weighted by molar-refractivity contribution is -0.137. The lowest BCUT2D eigenvalue weighted by Crippen LogP contribution is -2.36. The molecule has 0 radical (unpaired) electrons. The van der Waals surface area contributed by atoms with Crippen LogP contribution in [-0.2, 0) is 33.8 Å². The van der Waals surface area contributed by atoms with Gasteiger partial charge >= 0.3 is 5.97 Å². The summed E-state index contributed by atoms with van der Waals surface area (Å²) in [5.74, 6) is 0.343. The number of carbonyl (C=O) groups excluding carboxylic acids is 3. The number of hydrogen-bond acceptors (Lipinski definition) is 6. The van der Waals surface area contributed by atoms with Crippen LogP contribution in [0.4, 0.5) is 0 Å². The highest BCUT2D eigenvalue weighted by Gasteiger charge is 2.23. The highest BCUT2D eigenvalue weighted by Crippen LogP contribution is 2.24. The Morgan fingerprint density at radius 3 is 2.86 bits per heavy atom. The molecule has 0 saturated carbocycles. The number of esters is 1. The van der Waals surface area contributed by atoms with Crippen LogP contribution in [0.25, 0.3) is 0 Å². The molecule has 0 N–H and O–H groups in total. The number of hydrogen-bond donors (Lipinski definition) is 0. The molecule has 0 fully saturated rings. The highest BCUT2D eigenvalue weighted by molar-refractivity contribution is 7.10. The number of methoxy groups -OCH3 is 1. The first kappa shape index (κ1) is 20.1. The van der Waals surface area contributed by atoms with Gasteiger partial charge in [-0.2, -0.15) is 0 Å². The number of fused-ring (bicyclic) bond motifs is 1. The number of nitrogens with zero attached hydrogens (tertiary/aromatic N) is 2. The van der Waals surface area contributed by atoms with Crippen LogP contribution in [0.15, 0.2) is 21.9 Å². The summed E-state index contributed by atoms with van der Waals surface area (Å²) in [6.45, 7) is 3.24. The minimum atomic E-state index is -0.470. The van der Waals surface area contributed by atoms with E-state index in [4.69, 9.17) is 9.15 Å². The van der Waals surface area contributed by atoms with Gasteiger partial charge in [-0.05, 0) is 36.4 Å². The summed E-state index contributed by atoms with van der Waals surface area (Å²) in [5.41, 5.74) is 1.56. The predicted molar refractivity (Wildman–Crippen MR) is 104 cm³/mol. The van der Waals surface area contributed by atoms with Gasteiger partial charge in [0.25, 0.3) is 0 Å². The Labute approximate surface area is 167 Å². The van der Waals surface area contributed by atoms with Crippen LogP contribution in [0, 0.1) is 6.92 Å². The summed E-state index contributed by atoms with van der Waals surface area (Å²) in [6, 6.07) is 3.65. The van der Waals surface area contributed by atoms with Gasteiger partial charge < -0.3 is 19.0 Å². The van der Waals surface area contributed by atoms with Gasteiger partial charge in [-0.15, -0.1) is 11.3 Å². The van der Waals surface area contributed by atoms with Gasteiger partial charge in [0.2, 0.25) is 11.8 Å². The van der Waals surface area contributed by atoms with Gasteiger partial charge in [0, 0.05) is 37.9 Å². The molecule has 0 saturated heterocycles. The molecule has 2 aromatic heterocycles. The van der Waals surface area contributed by atoms with E-state index in [1.54, 1.807) is 31.4 Å². The molecule has 2 aromatic rings. The lowest BCUT2D eigenvalue weighted by Gasteiger charge is -2.27. The molecule has 3 heterocycles. The molecule has 7 nitrogen and oxygen atoms in total. The van der Waals surface area contributed by atoms with Crippen molar-refractivity contribution >= 4 is 29.1 Å². The minimum absolute atomic E-state index is 0.000389. The van der Waals surface area contributed by atoms with Crippen molar-refractivity contribution < 1.29 is 23.5 Å². The van der Waals surface area contributed by atoms with E-state index in [0.717, 1.165) is 6.42 Å². The SMILES string of the molecule is COC(=O)c1cc(CN(C)C(=O)CCC(=O)N2CCc3sccc3C2)oc1C. The number of thiophene rings is 1. The third-order valence-electron chi connectivity index (χ3n) is 4.91. The Kier molecular flexibility index (Phi) is 6.18. The third-order valence-corrected chi connectivity index (χ3v) is 5.93. The maximum atomic E-state index is 12.5. The molecule has 0 aromatic carbocycles. The fourth-order valence-electron chi connectivity index (χ4n) is 3.28. The number of ether oxygens (including phenoxy) is 1. The molecular weight excluding hydrogens is 380 g/mol. The van der Waals surface area contributed by atoms with E-state index in [-0.39, 0.29) is 31.2 Å². The second kappa shape index (κ2) is 8.60. The van der Waals surface area contributed by atoms with Crippen LogP contribution in [0.2, 0.25) is 0 Å². The lowest BCUT2D eigenvalue weighted by atomic mass is 10.1. The van der Waals surface area contributed by atoms with E-state index < -0.39 is 5.97 Å². The van der Waals surface area contributed by atoms with Gasteiger partial charge in [0.15, 0.2) is 0 Å². The van der Waals surface area contributed by atoms with Crippen LogP contribution < -0.4 is 0 Å². The standard InChI is InChI=1S/C20H24N2O5S/c1-13-16(20(25)26-3)10-15(27-13)12-21(2)18(23)4-5-19(24)22-8-6-17-14(11-22)7-9-28-17/h7,9-10H,4-6,8,11-12H2,1-3H3. The van der Waals surface area contributed by atoms with Crippen LogP contribution in [0.1, 0.15) is 45.2 Å². The van der Waals surface area contributed by atoms with Crippen molar-refractivity contribution in [2.24, 2.45) is 0 Å². The second-order valence-electron chi connectivity index (χ2n) is 6.86. The zero-order valence-electron chi connectivity index (χ0n) is 16.3. The highest BCUT2D eigenvalue weighted by atomic mass is 32.1. The van der Waals surface area contributed by atoms with Crippen molar-refractivity contribution in [3.05, 3.63) is 45.0 Å². The van der Waals surface area contributed by atoms with Crippen molar-refractivity contribution in [2.45, 2.75) is 39.3 Å². The van der Waals surface area contributed by atoms with Crippen molar-refractivity contribution in [3.8, 4) is 0 Å². The Hall–Kier alpha value is -2.61. The van der Waals surface area contributed by atoms with E-state index >= 15 is 0 Å². The molecular formula is C20H24N2O5S. The van der Waals surface area contributed by atoms with Gasteiger partial charge in [-0.1, -0.05) is 0 Å². The maximum Gasteiger partial charge on any atom is 0.341 e. The number of amides is 2. The smallest absolute Gasteiger partial charge is 0.341 e. The first-order chi connectivity index (χ1) is 13.4. The molecule has 2 amide bonds. The summed E-state index contributed by atoms with van der Waals surface area (Å²) in [6.07, 6.45) is 1.21. The second-order valence-corrected chi connectivity index (χ2v) is 7.86. The Morgan fingerprint density at radius 1 is 1.32 bits per heavy atom. The first-order valence-electron chi connectivity index (χ1n) is 9.13. The maximum absolute atomic E-state index is 12.5. The Balaban J connectivity index is 1.49. The van der Waals surface area contributed by atoms with Crippen LogP contribution >= 0.6 is 11.3 Å². The summed E-state index contributed by atoms with van der Waals surface area (Å²) in [4.78, 5) is 41.2. The number of carbonyl (C=O) groups is 3. The van der Waals surface area contributed by atoms with E-state index in [0.29, 0.717) is 30.2 Å². The molecule has 150 valence electrons. The molecule has 28 heavy (non-hydrogen) atoms. The van der Waals surface area contributed by atoms with Gasteiger partial charge in [-0.25, -0.2) is 4.79 Å². The van der Waals surface area contributed by atoms with Crippen molar-refractivity contribution in [2.75, 3.05) is 20.7 Å². The predicted octanol–water partition coefficient (Wildman–Crippen LogP) is 2.76. The van der Waals surface area contributed by atoms with Crippen LogP contribution in [0.5, 0.6) is 0 Å². The van der Waals surface area contributed by atoms with E-state index in [2.05, 4.69) is 11.4 Å².